The zero-order chi connectivity index (χ0) is 19.7. The molecule has 0 saturated heterocycles. The van der Waals surface area contributed by atoms with Crippen molar-refractivity contribution in [2.45, 2.75) is 0 Å². The Kier molecular flexibility index (Phi) is 4.72. The number of fused-ring (bicyclic) bond motifs is 1. The van der Waals surface area contributed by atoms with Crippen molar-refractivity contribution < 1.29 is 33.6 Å². The Morgan fingerprint density at radius 3 is 2.04 bits per heavy atom. The number of phenolic OH excluding ortho intramolecular Hbond substituents is 2. The molecule has 27 heavy (non-hydrogen) atoms. The van der Waals surface area contributed by atoms with Crippen LogP contribution in [-0.4, -0.2) is 38.7 Å². The van der Waals surface area contributed by atoms with Crippen LogP contribution in [-0.2, 0) is 0 Å². The summed E-state index contributed by atoms with van der Waals surface area (Å²) in [6, 6.07) is 4.35. The Hall–Kier alpha value is -3.55. The highest BCUT2D eigenvalue weighted by molar-refractivity contribution is 5.91. The summed E-state index contributed by atoms with van der Waals surface area (Å²) in [6.07, 6.45) is 1.22. The molecule has 0 amide bonds. The largest absolute Gasteiger partial charge is 0.504 e. The quantitative estimate of drug-likeness (QED) is 0.702. The molecule has 3 aromatic rings. The van der Waals surface area contributed by atoms with E-state index < -0.39 is 11.2 Å². The molecule has 0 aliphatic carbocycles. The first-order chi connectivity index (χ1) is 13.0. The van der Waals surface area contributed by atoms with Gasteiger partial charge in [0, 0.05) is 17.7 Å². The molecule has 8 nitrogen and oxygen atoms in total. The highest BCUT2D eigenvalue weighted by Crippen LogP contribution is 2.43. The molecule has 0 spiro atoms. The second-order valence-corrected chi connectivity index (χ2v) is 5.54. The Labute approximate surface area is 154 Å². The number of benzene rings is 2. The first-order valence-corrected chi connectivity index (χ1v) is 7.81. The molecule has 1 aromatic heterocycles. The number of hydrogen-bond donors (Lipinski definition) is 2. The molecule has 0 radical (unpaired) electrons. The van der Waals surface area contributed by atoms with E-state index in [1.807, 2.05) is 0 Å². The normalized spacial score (nSPS) is 10.7. The second kappa shape index (κ2) is 6.99. The van der Waals surface area contributed by atoms with Gasteiger partial charge in [-0.3, -0.25) is 4.79 Å². The highest BCUT2D eigenvalue weighted by atomic mass is 16.5. The summed E-state index contributed by atoms with van der Waals surface area (Å²) >= 11 is 0. The summed E-state index contributed by atoms with van der Waals surface area (Å²) in [5.74, 6) is 0.0958. The van der Waals surface area contributed by atoms with Gasteiger partial charge in [0.05, 0.1) is 34.0 Å². The van der Waals surface area contributed by atoms with Crippen molar-refractivity contribution in [2.24, 2.45) is 0 Å². The first kappa shape index (κ1) is 18.2. The Morgan fingerprint density at radius 2 is 1.44 bits per heavy atom. The van der Waals surface area contributed by atoms with E-state index in [0.29, 0.717) is 22.8 Å². The maximum atomic E-state index is 13.1. The van der Waals surface area contributed by atoms with Crippen molar-refractivity contribution in [1.29, 1.82) is 0 Å². The summed E-state index contributed by atoms with van der Waals surface area (Å²) in [6.45, 7) is 0. The van der Waals surface area contributed by atoms with Crippen LogP contribution < -0.4 is 24.4 Å². The van der Waals surface area contributed by atoms with E-state index in [2.05, 4.69) is 0 Å². The van der Waals surface area contributed by atoms with Crippen molar-refractivity contribution in [3.05, 3.63) is 34.7 Å². The second-order valence-electron chi connectivity index (χ2n) is 5.54. The predicted octanol–water partition coefficient (Wildman–Crippen LogP) is 2.91. The van der Waals surface area contributed by atoms with Crippen LogP contribution in [0, 0.1) is 0 Å². The average molecular weight is 374 g/mol. The fourth-order valence-electron chi connectivity index (χ4n) is 2.86. The van der Waals surface area contributed by atoms with Crippen molar-refractivity contribution in [1.82, 2.24) is 0 Å². The number of phenols is 2. The first-order valence-electron chi connectivity index (χ1n) is 7.81. The topological polar surface area (TPSA) is 108 Å². The third-order valence-electron chi connectivity index (χ3n) is 4.17. The standard InChI is InChI=1S/C19H18O8/c1-23-12-7-14(25-3)13(24-2)5-9(12)10-8-27-15-6-11(20)19(26-4)18(22)16(15)17(10)21/h5-8,20,22H,1-4H3. The van der Waals surface area contributed by atoms with Gasteiger partial charge in [-0.25, -0.2) is 0 Å². The number of rotatable bonds is 5. The zero-order valence-corrected chi connectivity index (χ0v) is 15.2. The van der Waals surface area contributed by atoms with E-state index in [-0.39, 0.29) is 28.0 Å². The molecular formula is C19H18O8. The van der Waals surface area contributed by atoms with E-state index in [1.165, 1.54) is 40.8 Å². The summed E-state index contributed by atoms with van der Waals surface area (Å²) in [5, 5.41) is 20.1. The van der Waals surface area contributed by atoms with E-state index in [1.54, 1.807) is 12.1 Å². The van der Waals surface area contributed by atoms with E-state index >= 15 is 0 Å². The van der Waals surface area contributed by atoms with Crippen LogP contribution in [0.4, 0.5) is 0 Å². The fraction of sp³-hybridized carbons (Fsp3) is 0.211. The molecule has 0 aliphatic heterocycles. The molecule has 0 aliphatic rings. The van der Waals surface area contributed by atoms with Gasteiger partial charge in [-0.05, 0) is 6.07 Å². The zero-order valence-electron chi connectivity index (χ0n) is 15.2. The Morgan fingerprint density at radius 1 is 0.815 bits per heavy atom. The average Bonchev–Trinajstić information content (AvgIpc) is 2.67. The van der Waals surface area contributed by atoms with Gasteiger partial charge in [0.2, 0.25) is 11.2 Å². The summed E-state index contributed by atoms with van der Waals surface area (Å²) in [7, 11) is 5.67. The van der Waals surface area contributed by atoms with Crippen molar-refractivity contribution >= 4 is 11.0 Å². The van der Waals surface area contributed by atoms with Crippen molar-refractivity contribution in [3.63, 3.8) is 0 Å². The third-order valence-corrected chi connectivity index (χ3v) is 4.17. The highest BCUT2D eigenvalue weighted by Gasteiger charge is 2.22. The van der Waals surface area contributed by atoms with Gasteiger partial charge in [0.25, 0.3) is 0 Å². The lowest BCUT2D eigenvalue weighted by atomic mass is 10.0. The van der Waals surface area contributed by atoms with Crippen LogP contribution in [0.15, 0.2) is 33.7 Å². The van der Waals surface area contributed by atoms with E-state index in [9.17, 15) is 15.0 Å². The maximum Gasteiger partial charge on any atom is 0.204 e. The molecule has 8 heteroatoms. The van der Waals surface area contributed by atoms with Gasteiger partial charge in [0.15, 0.2) is 23.0 Å². The minimum absolute atomic E-state index is 0.0130. The lowest BCUT2D eigenvalue weighted by molar-refractivity contribution is 0.346. The molecule has 0 unspecified atom stereocenters. The summed E-state index contributed by atoms with van der Waals surface area (Å²) in [5.41, 5.74) is -0.00264. The van der Waals surface area contributed by atoms with Gasteiger partial charge in [-0.2, -0.15) is 0 Å². The van der Waals surface area contributed by atoms with Crippen LogP contribution in [0.1, 0.15) is 0 Å². The Balaban J connectivity index is 2.36. The summed E-state index contributed by atoms with van der Waals surface area (Å²) in [4.78, 5) is 13.1. The number of aromatic hydroxyl groups is 2. The fourth-order valence-corrected chi connectivity index (χ4v) is 2.86. The molecule has 0 fully saturated rings. The van der Waals surface area contributed by atoms with Gasteiger partial charge < -0.3 is 33.6 Å². The molecule has 3 rings (SSSR count). The van der Waals surface area contributed by atoms with Crippen molar-refractivity contribution in [3.8, 4) is 45.6 Å². The Bertz CT molecular complexity index is 1070. The van der Waals surface area contributed by atoms with Crippen LogP contribution in [0.25, 0.3) is 22.1 Å². The predicted molar refractivity (Wildman–Crippen MR) is 97.5 cm³/mol. The van der Waals surface area contributed by atoms with Gasteiger partial charge in [-0.1, -0.05) is 0 Å². The molecule has 1 heterocycles. The lowest BCUT2D eigenvalue weighted by Gasteiger charge is -2.14. The lowest BCUT2D eigenvalue weighted by Crippen LogP contribution is -2.07. The van der Waals surface area contributed by atoms with Crippen molar-refractivity contribution in [2.75, 3.05) is 28.4 Å². The smallest absolute Gasteiger partial charge is 0.204 e. The van der Waals surface area contributed by atoms with Crippen LogP contribution >= 0.6 is 0 Å². The number of ether oxygens (including phenoxy) is 4. The molecule has 0 bridgehead atoms. The van der Waals surface area contributed by atoms with Crippen LogP contribution in [0.3, 0.4) is 0 Å². The number of hydrogen-bond acceptors (Lipinski definition) is 8. The SMILES string of the molecule is COc1cc(OC)c(-c2coc3cc(O)c(OC)c(O)c3c2=O)cc1OC. The molecule has 142 valence electrons. The van der Waals surface area contributed by atoms with E-state index in [4.69, 9.17) is 23.4 Å². The van der Waals surface area contributed by atoms with Crippen LogP contribution in [0.5, 0.6) is 34.5 Å². The molecular weight excluding hydrogens is 356 g/mol. The third kappa shape index (κ3) is 2.84. The molecule has 0 saturated carbocycles. The van der Waals surface area contributed by atoms with E-state index in [0.717, 1.165) is 0 Å². The molecule has 2 N–H and O–H groups in total. The summed E-state index contributed by atoms with van der Waals surface area (Å²) < 4.78 is 26.3. The van der Waals surface area contributed by atoms with Gasteiger partial charge in [-0.15, -0.1) is 0 Å². The minimum atomic E-state index is -0.530. The van der Waals surface area contributed by atoms with Gasteiger partial charge in [0.1, 0.15) is 23.0 Å². The molecule has 0 atom stereocenters. The number of methoxy groups -OCH3 is 4. The van der Waals surface area contributed by atoms with Crippen LogP contribution in [0.2, 0.25) is 0 Å². The maximum absolute atomic E-state index is 13.1. The monoisotopic (exact) mass is 374 g/mol. The molecule has 2 aromatic carbocycles. The minimum Gasteiger partial charge on any atom is -0.504 e. The van der Waals surface area contributed by atoms with Gasteiger partial charge >= 0.3 is 0 Å².